The highest BCUT2D eigenvalue weighted by atomic mass is 16.6. The average Bonchev–Trinajstić information content (AvgIpc) is 2.45. The minimum atomic E-state index is -1.30. The van der Waals surface area contributed by atoms with Crippen LogP contribution >= 0.6 is 0 Å². The summed E-state index contributed by atoms with van der Waals surface area (Å²) in [6.07, 6.45) is 1.80. The van der Waals surface area contributed by atoms with Crippen molar-refractivity contribution < 1.29 is 19.6 Å². The quantitative estimate of drug-likeness (QED) is 0.632. The third-order valence-corrected chi connectivity index (χ3v) is 3.37. The minimum Gasteiger partial charge on any atom is -0.477 e. The summed E-state index contributed by atoms with van der Waals surface area (Å²) in [6.45, 7) is 1.97. The molecule has 1 aromatic rings. The Kier molecular flexibility index (Phi) is 4.52. The van der Waals surface area contributed by atoms with E-state index in [4.69, 9.17) is 9.84 Å². The molecule has 0 unspecified atom stereocenters. The van der Waals surface area contributed by atoms with E-state index in [1.54, 1.807) is 0 Å². The van der Waals surface area contributed by atoms with Gasteiger partial charge in [-0.15, -0.1) is 0 Å². The summed E-state index contributed by atoms with van der Waals surface area (Å²) in [5.74, 6) is -0.914. The van der Waals surface area contributed by atoms with E-state index in [9.17, 15) is 14.9 Å². The maximum Gasteiger partial charge on any atom is 0.342 e. The van der Waals surface area contributed by atoms with E-state index < -0.39 is 10.9 Å². The van der Waals surface area contributed by atoms with Crippen LogP contribution in [0.5, 0.6) is 0 Å². The molecule has 7 heteroatoms. The summed E-state index contributed by atoms with van der Waals surface area (Å²) in [5, 5.41) is 23.1. The Balaban J connectivity index is 2.16. The molecule has 0 amide bonds. The van der Waals surface area contributed by atoms with Crippen molar-refractivity contribution in [3.8, 4) is 0 Å². The van der Waals surface area contributed by atoms with Gasteiger partial charge in [-0.2, -0.15) is 0 Å². The normalized spacial score (nSPS) is 15.8. The number of hydrogen-bond donors (Lipinski definition) is 2. The topological polar surface area (TPSA) is 102 Å². The van der Waals surface area contributed by atoms with Crippen LogP contribution in [0.1, 0.15) is 23.2 Å². The number of nitrogens with zero attached hydrogens (tertiary/aromatic N) is 1. The molecule has 0 aromatic heterocycles. The zero-order chi connectivity index (χ0) is 14.5. The van der Waals surface area contributed by atoms with Crippen molar-refractivity contribution in [2.75, 3.05) is 25.1 Å². The number of nitrogens with one attached hydrogen (secondary N) is 1. The van der Waals surface area contributed by atoms with Gasteiger partial charge in [-0.25, -0.2) is 4.79 Å². The Hall–Kier alpha value is -2.15. The van der Waals surface area contributed by atoms with Gasteiger partial charge in [0.05, 0.1) is 4.92 Å². The van der Waals surface area contributed by atoms with Gasteiger partial charge >= 0.3 is 11.7 Å². The second-order valence-corrected chi connectivity index (χ2v) is 4.70. The molecular weight excluding hydrogens is 264 g/mol. The first-order valence-electron chi connectivity index (χ1n) is 6.42. The number of hydrogen-bond acceptors (Lipinski definition) is 5. The Bertz CT molecular complexity index is 511. The maximum atomic E-state index is 11.1. The summed E-state index contributed by atoms with van der Waals surface area (Å²) in [4.78, 5) is 21.5. The number of carboxylic acid groups (broad SMARTS) is 1. The van der Waals surface area contributed by atoms with Crippen LogP contribution in [0.15, 0.2) is 18.2 Å². The zero-order valence-electron chi connectivity index (χ0n) is 10.9. The highest BCUT2D eigenvalue weighted by Crippen LogP contribution is 2.29. The molecule has 0 radical (unpaired) electrons. The minimum absolute atomic E-state index is 0.251. The molecule has 1 fully saturated rings. The number of nitro benzene ring substituents is 1. The lowest BCUT2D eigenvalue weighted by Gasteiger charge is -2.22. The molecule has 1 saturated heterocycles. The first kappa shape index (κ1) is 14.3. The summed E-state index contributed by atoms with van der Waals surface area (Å²) in [6, 6.07) is 4.27. The number of para-hydroxylation sites is 1. The lowest BCUT2D eigenvalue weighted by molar-refractivity contribution is -0.384. The summed E-state index contributed by atoms with van der Waals surface area (Å²) in [7, 11) is 0. The lowest BCUT2D eigenvalue weighted by Crippen LogP contribution is -2.23. The lowest BCUT2D eigenvalue weighted by atomic mass is 10.00. The molecule has 0 atom stereocenters. The number of anilines is 1. The first-order valence-corrected chi connectivity index (χ1v) is 6.42. The predicted octanol–water partition coefficient (Wildman–Crippen LogP) is 2.13. The maximum absolute atomic E-state index is 11.1. The summed E-state index contributed by atoms with van der Waals surface area (Å²) < 4.78 is 5.25. The van der Waals surface area contributed by atoms with E-state index in [-0.39, 0.29) is 16.9 Å². The number of benzene rings is 1. The molecule has 0 spiro atoms. The Morgan fingerprint density at radius 2 is 2.15 bits per heavy atom. The Labute approximate surface area is 115 Å². The van der Waals surface area contributed by atoms with Crippen LogP contribution in [0.25, 0.3) is 0 Å². The zero-order valence-corrected chi connectivity index (χ0v) is 10.9. The average molecular weight is 280 g/mol. The van der Waals surface area contributed by atoms with E-state index in [0.29, 0.717) is 25.7 Å². The third kappa shape index (κ3) is 3.24. The monoisotopic (exact) mass is 280 g/mol. The van der Waals surface area contributed by atoms with Crippen LogP contribution in [-0.4, -0.2) is 35.8 Å². The van der Waals surface area contributed by atoms with Crippen molar-refractivity contribution in [3.05, 3.63) is 33.9 Å². The number of carbonyl (C=O) groups is 1. The van der Waals surface area contributed by atoms with Crippen LogP contribution in [0.4, 0.5) is 11.4 Å². The van der Waals surface area contributed by atoms with Crippen LogP contribution < -0.4 is 5.32 Å². The number of aromatic carboxylic acids is 1. The van der Waals surface area contributed by atoms with Gasteiger partial charge in [-0.05, 0) is 30.9 Å². The number of ether oxygens (including phenoxy) is 1. The molecule has 2 rings (SSSR count). The third-order valence-electron chi connectivity index (χ3n) is 3.37. The molecule has 1 aliphatic heterocycles. The molecule has 2 N–H and O–H groups in total. The van der Waals surface area contributed by atoms with Crippen LogP contribution in [0, 0.1) is 16.0 Å². The highest BCUT2D eigenvalue weighted by Gasteiger charge is 2.24. The van der Waals surface area contributed by atoms with Gasteiger partial charge < -0.3 is 15.2 Å². The van der Waals surface area contributed by atoms with Crippen molar-refractivity contribution in [1.29, 1.82) is 0 Å². The molecule has 20 heavy (non-hydrogen) atoms. The largest absolute Gasteiger partial charge is 0.477 e. The van der Waals surface area contributed by atoms with Crippen LogP contribution in [0.3, 0.4) is 0 Å². The second kappa shape index (κ2) is 6.33. The van der Waals surface area contributed by atoms with Crippen LogP contribution in [-0.2, 0) is 4.74 Å². The van der Waals surface area contributed by atoms with Gasteiger partial charge in [0, 0.05) is 19.8 Å². The van der Waals surface area contributed by atoms with E-state index in [1.807, 2.05) is 0 Å². The van der Waals surface area contributed by atoms with Gasteiger partial charge in [0.25, 0.3) is 0 Å². The molecule has 0 saturated carbocycles. The molecule has 1 heterocycles. The van der Waals surface area contributed by atoms with Gasteiger partial charge in [-0.3, -0.25) is 10.1 Å². The second-order valence-electron chi connectivity index (χ2n) is 4.70. The molecule has 0 aliphatic carbocycles. The van der Waals surface area contributed by atoms with E-state index in [1.165, 1.54) is 18.2 Å². The molecule has 108 valence electrons. The van der Waals surface area contributed by atoms with Gasteiger partial charge in [0.1, 0.15) is 11.3 Å². The fraction of sp³-hybridized carbons (Fsp3) is 0.462. The summed E-state index contributed by atoms with van der Waals surface area (Å²) in [5.41, 5.74) is -0.430. The van der Waals surface area contributed by atoms with Crippen LogP contribution in [0.2, 0.25) is 0 Å². The smallest absolute Gasteiger partial charge is 0.342 e. The van der Waals surface area contributed by atoms with Crippen molar-refractivity contribution in [2.45, 2.75) is 12.8 Å². The molecular formula is C13H16N2O5. The van der Waals surface area contributed by atoms with Crippen molar-refractivity contribution >= 4 is 17.3 Å². The number of rotatable bonds is 5. The molecule has 0 bridgehead atoms. The molecule has 1 aromatic carbocycles. The first-order chi connectivity index (χ1) is 9.59. The van der Waals surface area contributed by atoms with E-state index in [2.05, 4.69) is 5.32 Å². The summed E-state index contributed by atoms with van der Waals surface area (Å²) >= 11 is 0. The fourth-order valence-corrected chi connectivity index (χ4v) is 2.26. The van der Waals surface area contributed by atoms with Crippen molar-refractivity contribution in [2.24, 2.45) is 5.92 Å². The van der Waals surface area contributed by atoms with E-state index in [0.717, 1.165) is 12.8 Å². The van der Waals surface area contributed by atoms with E-state index >= 15 is 0 Å². The fourth-order valence-electron chi connectivity index (χ4n) is 2.26. The SMILES string of the molecule is O=C(O)c1cccc(NCC2CCOCC2)c1[N+](=O)[O-]. The highest BCUT2D eigenvalue weighted by molar-refractivity contribution is 5.95. The van der Waals surface area contributed by atoms with Crippen molar-refractivity contribution in [1.82, 2.24) is 0 Å². The van der Waals surface area contributed by atoms with Gasteiger partial charge in [0.2, 0.25) is 0 Å². The predicted molar refractivity (Wildman–Crippen MR) is 72.1 cm³/mol. The number of carboxylic acids is 1. The molecule has 1 aliphatic rings. The Morgan fingerprint density at radius 1 is 1.45 bits per heavy atom. The van der Waals surface area contributed by atoms with Crippen molar-refractivity contribution in [3.63, 3.8) is 0 Å². The van der Waals surface area contributed by atoms with Gasteiger partial charge in [-0.1, -0.05) is 6.07 Å². The molecule has 7 nitrogen and oxygen atoms in total. The standard InChI is InChI=1S/C13H16N2O5/c16-13(17)10-2-1-3-11(12(10)15(18)19)14-8-9-4-6-20-7-5-9/h1-3,9,14H,4-8H2,(H,16,17). The number of nitro groups is 1. The van der Waals surface area contributed by atoms with Gasteiger partial charge in [0.15, 0.2) is 0 Å². The Morgan fingerprint density at radius 3 is 2.75 bits per heavy atom.